The molecule has 3 nitrogen and oxygen atoms in total. The van der Waals surface area contributed by atoms with Gasteiger partial charge in [0.05, 0.1) is 6.54 Å². The molecule has 2 aliphatic rings. The fourth-order valence-electron chi connectivity index (χ4n) is 3.16. The van der Waals surface area contributed by atoms with Crippen molar-refractivity contribution < 1.29 is 4.58 Å². The van der Waals surface area contributed by atoms with Crippen molar-refractivity contribution in [2.75, 3.05) is 11.9 Å². The predicted octanol–water partition coefficient (Wildman–Crippen LogP) is 4.42. The van der Waals surface area contributed by atoms with Crippen molar-refractivity contribution >= 4 is 23.5 Å². The maximum absolute atomic E-state index is 4.92. The minimum Gasteiger partial charge on any atom is -0.241 e. The Morgan fingerprint density at radius 2 is 1.68 bits per heavy atom. The molecule has 2 aromatic rings. The third kappa shape index (κ3) is 2.43. The molecule has 2 heterocycles. The van der Waals surface area contributed by atoms with E-state index in [0.717, 1.165) is 30.3 Å². The Morgan fingerprint density at radius 1 is 0.864 bits per heavy atom. The van der Waals surface area contributed by atoms with Crippen LogP contribution in [0.2, 0.25) is 0 Å². The van der Waals surface area contributed by atoms with E-state index in [0.29, 0.717) is 0 Å². The maximum atomic E-state index is 4.92. The average molecular weight is 290 g/mol. The van der Waals surface area contributed by atoms with Crippen LogP contribution in [0.1, 0.15) is 25.7 Å². The van der Waals surface area contributed by atoms with Gasteiger partial charge in [0, 0.05) is 17.3 Å². The van der Waals surface area contributed by atoms with Gasteiger partial charge in [-0.3, -0.25) is 0 Å². The first kappa shape index (κ1) is 13.3. The Balaban J connectivity index is 1.86. The van der Waals surface area contributed by atoms with Gasteiger partial charge in [-0.1, -0.05) is 41.4 Å². The number of fused-ring (bicyclic) bond motifs is 3. The number of hydrogen-bond acceptors (Lipinski definition) is 2. The number of para-hydroxylation sites is 2. The maximum Gasteiger partial charge on any atom is 0.396 e. The molecule has 0 aliphatic carbocycles. The van der Waals surface area contributed by atoms with E-state index in [9.17, 15) is 0 Å². The Labute approximate surface area is 131 Å². The second-order valence-electron chi connectivity index (χ2n) is 5.85. The summed E-state index contributed by atoms with van der Waals surface area (Å²) in [5, 5.41) is 3.55. The first-order valence-corrected chi connectivity index (χ1v) is 8.06. The van der Waals surface area contributed by atoms with Gasteiger partial charge in [0.1, 0.15) is 11.4 Å². The lowest BCUT2D eigenvalue weighted by atomic mass is 10.0. The van der Waals surface area contributed by atoms with Crippen LogP contribution < -0.4 is 5.32 Å². The minimum atomic E-state index is 0.944. The van der Waals surface area contributed by atoms with Crippen LogP contribution in [-0.2, 0) is 0 Å². The molecule has 0 unspecified atom stereocenters. The first-order valence-electron chi connectivity index (χ1n) is 8.06. The van der Waals surface area contributed by atoms with Gasteiger partial charge in [0.15, 0.2) is 0 Å². The summed E-state index contributed by atoms with van der Waals surface area (Å²) in [5.41, 5.74) is 4.57. The van der Waals surface area contributed by atoms with Crippen molar-refractivity contribution in [2.45, 2.75) is 25.7 Å². The Hall–Kier alpha value is -2.42. The molecule has 2 aliphatic heterocycles. The largest absolute Gasteiger partial charge is 0.396 e. The predicted molar refractivity (Wildman–Crippen MR) is 92.3 cm³/mol. The molecule has 110 valence electrons. The lowest BCUT2D eigenvalue weighted by Crippen LogP contribution is -2.29. The summed E-state index contributed by atoms with van der Waals surface area (Å²) >= 11 is 0. The van der Waals surface area contributed by atoms with E-state index < -0.39 is 0 Å². The van der Waals surface area contributed by atoms with Crippen LogP contribution in [0.3, 0.4) is 0 Å². The van der Waals surface area contributed by atoms with E-state index in [-0.39, 0.29) is 0 Å². The summed E-state index contributed by atoms with van der Waals surface area (Å²) in [6.45, 7) is 1.04. The highest BCUT2D eigenvalue weighted by Crippen LogP contribution is 2.37. The molecular formula is C19H20N3+. The standard InChI is InChI=1S/C19H20N3/c1-2-8-14-22(13-7-1)19-20-17-11-5-3-9-15(17)16-10-4-6-12-18(16)21-19/h3-6,9-13H,1-2,7-8,14H2,(H,20,21)/q+1. The zero-order valence-corrected chi connectivity index (χ0v) is 12.6. The molecule has 0 radical (unpaired) electrons. The summed E-state index contributed by atoms with van der Waals surface area (Å²) in [7, 11) is 0. The van der Waals surface area contributed by atoms with Crippen molar-refractivity contribution in [2.24, 2.45) is 4.99 Å². The van der Waals surface area contributed by atoms with Crippen molar-refractivity contribution in [1.29, 1.82) is 0 Å². The van der Waals surface area contributed by atoms with Crippen LogP contribution in [-0.4, -0.2) is 23.3 Å². The monoisotopic (exact) mass is 290 g/mol. The smallest absolute Gasteiger partial charge is 0.241 e. The van der Waals surface area contributed by atoms with E-state index in [4.69, 9.17) is 4.99 Å². The van der Waals surface area contributed by atoms with E-state index in [1.54, 1.807) is 0 Å². The molecule has 2 aromatic carbocycles. The molecule has 0 amide bonds. The Bertz CT molecular complexity index is 759. The highest BCUT2D eigenvalue weighted by molar-refractivity contribution is 6.00. The molecule has 22 heavy (non-hydrogen) atoms. The SMILES string of the molecule is C1=[N+](C2=Nc3ccccc3-c3ccccc3N2)CCCCC1. The summed E-state index contributed by atoms with van der Waals surface area (Å²) in [4.78, 5) is 4.92. The summed E-state index contributed by atoms with van der Waals surface area (Å²) in [6, 6.07) is 16.8. The van der Waals surface area contributed by atoms with Gasteiger partial charge in [-0.15, -0.1) is 0 Å². The summed E-state index contributed by atoms with van der Waals surface area (Å²) < 4.78 is 2.28. The lowest BCUT2D eigenvalue weighted by molar-refractivity contribution is -0.403. The van der Waals surface area contributed by atoms with Crippen LogP contribution in [0, 0.1) is 0 Å². The first-order chi connectivity index (χ1) is 10.9. The lowest BCUT2D eigenvalue weighted by Gasteiger charge is -2.08. The van der Waals surface area contributed by atoms with Crippen LogP contribution in [0.25, 0.3) is 11.1 Å². The van der Waals surface area contributed by atoms with Gasteiger partial charge in [-0.05, 0) is 37.8 Å². The molecular weight excluding hydrogens is 270 g/mol. The number of rotatable bonds is 0. The molecule has 3 heteroatoms. The van der Waals surface area contributed by atoms with E-state index in [1.807, 2.05) is 0 Å². The molecule has 0 saturated carbocycles. The van der Waals surface area contributed by atoms with Gasteiger partial charge in [-0.2, -0.15) is 0 Å². The number of hydrogen-bond donors (Lipinski definition) is 1. The summed E-state index contributed by atoms with van der Waals surface area (Å²) in [5.74, 6) is 0.944. The molecule has 4 rings (SSSR count). The van der Waals surface area contributed by atoms with Crippen molar-refractivity contribution in [3.63, 3.8) is 0 Å². The zero-order valence-electron chi connectivity index (χ0n) is 12.6. The van der Waals surface area contributed by atoms with Gasteiger partial charge >= 0.3 is 5.96 Å². The second-order valence-corrected chi connectivity index (χ2v) is 5.85. The number of nitrogens with zero attached hydrogens (tertiary/aromatic N) is 2. The third-order valence-corrected chi connectivity index (χ3v) is 4.32. The molecule has 0 saturated heterocycles. The fraction of sp³-hybridized carbons (Fsp3) is 0.263. The quantitative estimate of drug-likeness (QED) is 0.714. The Kier molecular flexibility index (Phi) is 3.47. The molecule has 1 N–H and O–H groups in total. The molecule has 0 bridgehead atoms. The minimum absolute atomic E-state index is 0.944. The highest BCUT2D eigenvalue weighted by atomic mass is 15.2. The van der Waals surface area contributed by atoms with Gasteiger partial charge in [-0.25, -0.2) is 9.89 Å². The number of aliphatic imine (C=N–C) groups is 1. The summed E-state index contributed by atoms with van der Waals surface area (Å²) in [6.07, 6.45) is 7.21. The number of anilines is 1. The van der Waals surface area contributed by atoms with Crippen molar-refractivity contribution in [1.82, 2.24) is 0 Å². The van der Waals surface area contributed by atoms with Crippen molar-refractivity contribution in [3.8, 4) is 11.1 Å². The topological polar surface area (TPSA) is 27.4 Å². The highest BCUT2D eigenvalue weighted by Gasteiger charge is 2.24. The Morgan fingerprint density at radius 3 is 2.64 bits per heavy atom. The van der Waals surface area contributed by atoms with E-state index in [1.165, 1.54) is 30.4 Å². The number of nitrogens with one attached hydrogen (secondary N) is 1. The van der Waals surface area contributed by atoms with E-state index >= 15 is 0 Å². The van der Waals surface area contributed by atoms with Gasteiger partial charge < -0.3 is 0 Å². The van der Waals surface area contributed by atoms with Crippen LogP contribution in [0.5, 0.6) is 0 Å². The molecule has 0 fully saturated rings. The zero-order chi connectivity index (χ0) is 14.8. The third-order valence-electron chi connectivity index (χ3n) is 4.32. The van der Waals surface area contributed by atoms with Crippen LogP contribution >= 0.6 is 0 Å². The normalized spacial score (nSPS) is 17.1. The molecule has 0 spiro atoms. The van der Waals surface area contributed by atoms with Crippen molar-refractivity contribution in [3.05, 3.63) is 48.5 Å². The fourth-order valence-corrected chi connectivity index (χ4v) is 3.16. The van der Waals surface area contributed by atoms with Crippen LogP contribution in [0.15, 0.2) is 53.5 Å². The second kappa shape index (κ2) is 5.76. The molecule has 0 atom stereocenters. The number of guanidine groups is 1. The van der Waals surface area contributed by atoms with Crippen LogP contribution in [0.4, 0.5) is 11.4 Å². The van der Waals surface area contributed by atoms with E-state index in [2.05, 4.69) is 64.6 Å². The average Bonchev–Trinajstić information content (AvgIpc) is 2.92. The van der Waals surface area contributed by atoms with Gasteiger partial charge in [0.2, 0.25) is 0 Å². The van der Waals surface area contributed by atoms with Gasteiger partial charge in [0.25, 0.3) is 0 Å². The number of benzene rings is 2. The molecule has 0 aromatic heterocycles.